The number of nitrogens with zero attached hydrogens (tertiary/aromatic N) is 6. The monoisotopic (exact) mass is 374 g/mol. The van der Waals surface area contributed by atoms with Crippen molar-refractivity contribution in [2.45, 2.75) is 13.3 Å². The van der Waals surface area contributed by atoms with Gasteiger partial charge in [-0.2, -0.15) is 4.98 Å². The zero-order valence-electron chi connectivity index (χ0n) is 15.0. The number of anilines is 2. The largest absolute Gasteiger partial charge is 0.383 e. The summed E-state index contributed by atoms with van der Waals surface area (Å²) in [6.07, 6.45) is 0.688. The number of likely N-dealkylation sites (N-methyl/N-ethyl adjacent to an activating group) is 1. The second kappa shape index (κ2) is 7.84. The molecule has 138 valence electrons. The number of aromatic nitrogens is 2. The van der Waals surface area contributed by atoms with Gasteiger partial charge in [0, 0.05) is 18.7 Å². The SMILES string of the molecule is CCc1nc(N)nc(N)c1-c1ccc(Cl)c(N=NN2CCN(C)CC2)c1. The Bertz CT molecular complexity index is 815. The van der Waals surface area contributed by atoms with Crippen LogP contribution in [0.3, 0.4) is 0 Å². The number of rotatable bonds is 4. The third-order valence-electron chi connectivity index (χ3n) is 4.36. The van der Waals surface area contributed by atoms with E-state index in [0.29, 0.717) is 22.9 Å². The van der Waals surface area contributed by atoms with E-state index in [1.807, 2.05) is 24.1 Å². The Kier molecular flexibility index (Phi) is 5.53. The van der Waals surface area contributed by atoms with Gasteiger partial charge >= 0.3 is 0 Å². The van der Waals surface area contributed by atoms with Crippen LogP contribution in [0.25, 0.3) is 11.1 Å². The van der Waals surface area contributed by atoms with Gasteiger partial charge in [-0.15, -0.1) is 5.11 Å². The van der Waals surface area contributed by atoms with Gasteiger partial charge in [0.2, 0.25) is 5.95 Å². The van der Waals surface area contributed by atoms with Gasteiger partial charge in [-0.25, -0.2) is 4.98 Å². The zero-order valence-corrected chi connectivity index (χ0v) is 15.7. The molecule has 26 heavy (non-hydrogen) atoms. The minimum absolute atomic E-state index is 0.173. The van der Waals surface area contributed by atoms with Crippen molar-refractivity contribution in [3.63, 3.8) is 0 Å². The number of hydrogen-bond donors (Lipinski definition) is 2. The first-order valence-electron chi connectivity index (χ1n) is 8.55. The summed E-state index contributed by atoms with van der Waals surface area (Å²) in [7, 11) is 2.10. The summed E-state index contributed by atoms with van der Waals surface area (Å²) in [5.41, 5.74) is 14.8. The normalized spacial score (nSPS) is 15.7. The third-order valence-corrected chi connectivity index (χ3v) is 4.68. The zero-order chi connectivity index (χ0) is 18.7. The van der Waals surface area contributed by atoms with Crippen molar-refractivity contribution in [3.05, 3.63) is 28.9 Å². The smallest absolute Gasteiger partial charge is 0.222 e. The van der Waals surface area contributed by atoms with E-state index in [4.69, 9.17) is 23.1 Å². The van der Waals surface area contributed by atoms with Crippen molar-refractivity contribution in [2.75, 3.05) is 44.7 Å². The number of piperazine rings is 1. The molecule has 0 spiro atoms. The number of halogens is 1. The third kappa shape index (κ3) is 4.03. The second-order valence-electron chi connectivity index (χ2n) is 6.25. The van der Waals surface area contributed by atoms with Crippen molar-refractivity contribution >= 4 is 29.1 Å². The predicted octanol–water partition coefficient (Wildman–Crippen LogP) is 2.77. The minimum Gasteiger partial charge on any atom is -0.383 e. The summed E-state index contributed by atoms with van der Waals surface area (Å²) in [5, 5.41) is 11.1. The van der Waals surface area contributed by atoms with Crippen molar-refractivity contribution in [3.8, 4) is 11.1 Å². The molecule has 3 rings (SSSR count). The average Bonchev–Trinajstić information content (AvgIpc) is 2.62. The van der Waals surface area contributed by atoms with Crippen molar-refractivity contribution in [2.24, 2.45) is 10.3 Å². The van der Waals surface area contributed by atoms with E-state index in [2.05, 4.69) is 32.3 Å². The maximum absolute atomic E-state index is 6.30. The van der Waals surface area contributed by atoms with Crippen LogP contribution in [-0.2, 0) is 6.42 Å². The van der Waals surface area contributed by atoms with E-state index in [1.54, 1.807) is 6.07 Å². The van der Waals surface area contributed by atoms with Crippen LogP contribution in [0, 0.1) is 0 Å². The van der Waals surface area contributed by atoms with E-state index >= 15 is 0 Å². The van der Waals surface area contributed by atoms with Gasteiger partial charge in [0.15, 0.2) is 0 Å². The van der Waals surface area contributed by atoms with Crippen LogP contribution in [0.1, 0.15) is 12.6 Å². The molecular formula is C17H23ClN8. The molecule has 0 aliphatic carbocycles. The van der Waals surface area contributed by atoms with Gasteiger partial charge in [0.05, 0.1) is 23.8 Å². The Morgan fingerprint density at radius 3 is 2.58 bits per heavy atom. The molecule has 8 nitrogen and oxygen atoms in total. The maximum Gasteiger partial charge on any atom is 0.222 e. The van der Waals surface area contributed by atoms with Gasteiger partial charge in [0.1, 0.15) is 11.5 Å². The molecule has 0 radical (unpaired) electrons. The van der Waals surface area contributed by atoms with Crippen molar-refractivity contribution in [1.82, 2.24) is 19.9 Å². The van der Waals surface area contributed by atoms with E-state index in [1.165, 1.54) is 0 Å². The molecule has 2 heterocycles. The number of nitrogens with two attached hydrogens (primary N) is 2. The molecular weight excluding hydrogens is 352 g/mol. The first-order valence-corrected chi connectivity index (χ1v) is 8.92. The molecule has 0 unspecified atom stereocenters. The van der Waals surface area contributed by atoms with E-state index in [9.17, 15) is 0 Å². The Hall–Kier alpha value is -2.45. The highest BCUT2D eigenvalue weighted by Gasteiger charge is 2.15. The number of nitrogen functional groups attached to an aromatic ring is 2. The van der Waals surface area contributed by atoms with Gasteiger partial charge < -0.3 is 16.4 Å². The van der Waals surface area contributed by atoms with Crippen LogP contribution in [-0.4, -0.2) is 53.1 Å². The molecule has 0 saturated carbocycles. The molecule has 2 aromatic rings. The second-order valence-corrected chi connectivity index (χ2v) is 6.66. The van der Waals surface area contributed by atoms with Gasteiger partial charge in [-0.3, -0.25) is 5.01 Å². The average molecular weight is 375 g/mol. The quantitative estimate of drug-likeness (QED) is 0.796. The van der Waals surface area contributed by atoms with Crippen LogP contribution in [0.15, 0.2) is 28.5 Å². The Morgan fingerprint density at radius 2 is 1.88 bits per heavy atom. The van der Waals surface area contributed by atoms with Gasteiger partial charge in [-0.1, -0.05) is 29.8 Å². The number of benzene rings is 1. The minimum atomic E-state index is 0.173. The van der Waals surface area contributed by atoms with E-state index < -0.39 is 0 Å². The van der Waals surface area contributed by atoms with Gasteiger partial charge in [0.25, 0.3) is 0 Å². The molecule has 0 bridgehead atoms. The van der Waals surface area contributed by atoms with Gasteiger partial charge in [-0.05, 0) is 31.2 Å². The first kappa shape index (κ1) is 18.3. The lowest BCUT2D eigenvalue weighted by molar-refractivity contribution is 0.150. The molecule has 4 N–H and O–H groups in total. The summed E-state index contributed by atoms with van der Waals surface area (Å²) in [5.74, 6) is 0.519. The lowest BCUT2D eigenvalue weighted by Crippen LogP contribution is -2.41. The fraction of sp³-hybridized carbons (Fsp3) is 0.412. The Morgan fingerprint density at radius 1 is 1.15 bits per heavy atom. The highest BCUT2D eigenvalue weighted by molar-refractivity contribution is 6.33. The standard InChI is InChI=1S/C17H23ClN8/c1-3-13-15(16(19)22-17(20)21-13)11-4-5-12(18)14(10-11)23-24-26-8-6-25(2)7-9-26/h4-5,10H,3,6-9H2,1-2H3,(H4,19,20,21,22). The molecule has 9 heteroatoms. The molecule has 1 saturated heterocycles. The summed E-state index contributed by atoms with van der Waals surface area (Å²) in [6.45, 7) is 5.61. The molecule has 0 atom stereocenters. The van der Waals surface area contributed by atoms with Crippen molar-refractivity contribution in [1.29, 1.82) is 0 Å². The summed E-state index contributed by atoms with van der Waals surface area (Å²) >= 11 is 6.30. The topological polar surface area (TPSA) is 109 Å². The number of aryl methyl sites for hydroxylation is 1. The predicted molar refractivity (Wildman–Crippen MR) is 104 cm³/mol. The fourth-order valence-corrected chi connectivity index (χ4v) is 3.01. The van der Waals surface area contributed by atoms with E-state index in [-0.39, 0.29) is 5.95 Å². The van der Waals surface area contributed by atoms with Crippen LogP contribution in [0.2, 0.25) is 5.02 Å². The molecule has 1 aliphatic heterocycles. The van der Waals surface area contributed by atoms with Crippen molar-refractivity contribution < 1.29 is 0 Å². The Balaban J connectivity index is 1.91. The molecule has 1 aliphatic rings. The lowest BCUT2D eigenvalue weighted by Gasteiger charge is -2.29. The first-order chi connectivity index (χ1) is 12.5. The molecule has 1 aromatic carbocycles. The van der Waals surface area contributed by atoms with Crippen LogP contribution in [0.4, 0.5) is 17.5 Å². The van der Waals surface area contributed by atoms with Crippen LogP contribution in [0.5, 0.6) is 0 Å². The lowest BCUT2D eigenvalue weighted by atomic mass is 10.0. The highest BCUT2D eigenvalue weighted by atomic mass is 35.5. The summed E-state index contributed by atoms with van der Waals surface area (Å²) < 4.78 is 0. The molecule has 1 aromatic heterocycles. The number of hydrogen-bond acceptors (Lipinski definition) is 7. The Labute approximate surface area is 157 Å². The van der Waals surface area contributed by atoms with Crippen LogP contribution >= 0.6 is 11.6 Å². The maximum atomic E-state index is 6.30. The fourth-order valence-electron chi connectivity index (χ4n) is 2.86. The summed E-state index contributed by atoms with van der Waals surface area (Å²) in [4.78, 5) is 10.6. The molecule has 1 fully saturated rings. The highest BCUT2D eigenvalue weighted by Crippen LogP contribution is 2.35. The summed E-state index contributed by atoms with van der Waals surface area (Å²) in [6, 6.07) is 5.51. The van der Waals surface area contributed by atoms with Crippen LogP contribution < -0.4 is 11.5 Å². The molecule has 0 amide bonds. The van der Waals surface area contributed by atoms with E-state index in [0.717, 1.165) is 43.0 Å².